The molecule has 1 heterocycles. The van der Waals surface area contributed by atoms with Gasteiger partial charge in [-0.05, 0) is 29.2 Å². The maximum Gasteiger partial charge on any atom is 0.331 e. The van der Waals surface area contributed by atoms with Crippen molar-refractivity contribution >= 4 is 23.6 Å². The van der Waals surface area contributed by atoms with E-state index in [2.05, 4.69) is 11.9 Å². The Morgan fingerprint density at radius 3 is 2.33 bits per heavy atom. The SMILES string of the molecule is CCCCc1nc(Cl)c(/C=C(\Cc2ccccc2)C(=O)O)n1Cc1ccc(-c2c(O)c(=O)c2=O)cc1. The van der Waals surface area contributed by atoms with Gasteiger partial charge in [0.05, 0.1) is 11.3 Å². The highest BCUT2D eigenvalue weighted by molar-refractivity contribution is 6.30. The summed E-state index contributed by atoms with van der Waals surface area (Å²) >= 11 is 6.51. The zero-order valence-corrected chi connectivity index (χ0v) is 20.5. The van der Waals surface area contributed by atoms with E-state index in [9.17, 15) is 24.6 Å². The number of rotatable bonds is 10. The predicted octanol–water partition coefficient (Wildman–Crippen LogP) is 4.61. The Kier molecular flexibility index (Phi) is 7.50. The summed E-state index contributed by atoms with van der Waals surface area (Å²) in [5, 5.41) is 19.8. The molecule has 8 heteroatoms. The largest absolute Gasteiger partial charge is 0.503 e. The molecule has 0 radical (unpaired) electrons. The fraction of sp³-hybridized carbons (Fsp3) is 0.214. The summed E-state index contributed by atoms with van der Waals surface area (Å²) in [7, 11) is 0. The summed E-state index contributed by atoms with van der Waals surface area (Å²) in [6, 6.07) is 16.3. The molecule has 0 bridgehead atoms. The zero-order chi connectivity index (χ0) is 25.8. The standard InChI is InChI=1S/C28H25ClN2O5/c1-2-3-9-22-30-27(29)21(15-20(28(35)36)14-17-7-5-4-6-8-17)31(22)16-18-10-12-19(13-11-18)23-24(32)26(34)25(23)33/h4-8,10-13,15,32H,2-3,9,14,16H2,1H3,(H,35,36)/b20-15+. The third-order valence-corrected chi connectivity index (χ3v) is 6.36. The molecule has 0 saturated heterocycles. The van der Waals surface area contributed by atoms with Gasteiger partial charge in [-0.1, -0.05) is 79.5 Å². The molecular weight excluding hydrogens is 480 g/mol. The van der Waals surface area contributed by atoms with E-state index in [0.717, 1.165) is 29.8 Å². The Morgan fingerprint density at radius 1 is 1.03 bits per heavy atom. The van der Waals surface area contributed by atoms with Crippen LogP contribution in [0.2, 0.25) is 5.15 Å². The van der Waals surface area contributed by atoms with Crippen molar-refractivity contribution in [3.05, 3.63) is 108 Å². The van der Waals surface area contributed by atoms with Crippen LogP contribution in [0.4, 0.5) is 0 Å². The number of carbonyl (C=O) groups is 1. The summed E-state index contributed by atoms with van der Waals surface area (Å²) in [5.74, 6) is -0.792. The lowest BCUT2D eigenvalue weighted by molar-refractivity contribution is -0.132. The molecule has 184 valence electrons. The van der Waals surface area contributed by atoms with Crippen LogP contribution in [0.25, 0.3) is 17.2 Å². The quantitative estimate of drug-likeness (QED) is 0.241. The first kappa shape index (κ1) is 25.1. The van der Waals surface area contributed by atoms with Crippen LogP contribution < -0.4 is 10.9 Å². The fourth-order valence-corrected chi connectivity index (χ4v) is 4.35. The van der Waals surface area contributed by atoms with Gasteiger partial charge in [0.1, 0.15) is 5.82 Å². The van der Waals surface area contributed by atoms with Gasteiger partial charge in [-0.25, -0.2) is 9.78 Å². The molecule has 4 aromatic rings. The van der Waals surface area contributed by atoms with E-state index in [-0.39, 0.29) is 22.7 Å². The van der Waals surface area contributed by atoms with Crippen LogP contribution in [0.3, 0.4) is 0 Å². The lowest BCUT2D eigenvalue weighted by Crippen LogP contribution is -2.31. The molecule has 0 atom stereocenters. The Balaban J connectivity index is 1.70. The molecule has 36 heavy (non-hydrogen) atoms. The minimum absolute atomic E-state index is 0.0245. The number of carboxylic acids is 1. The molecule has 0 spiro atoms. The van der Waals surface area contributed by atoms with Crippen LogP contribution in [-0.2, 0) is 24.2 Å². The van der Waals surface area contributed by atoms with Gasteiger partial charge >= 0.3 is 5.97 Å². The average Bonchev–Trinajstić information content (AvgIpc) is 3.17. The fourth-order valence-electron chi connectivity index (χ4n) is 4.10. The number of aromatic nitrogens is 2. The Bertz CT molecular complexity index is 1490. The molecule has 1 aromatic heterocycles. The van der Waals surface area contributed by atoms with E-state index >= 15 is 0 Å². The lowest BCUT2D eigenvalue weighted by atomic mass is 9.99. The number of imidazole rings is 1. The maximum absolute atomic E-state index is 12.1. The maximum atomic E-state index is 12.1. The Hall–Kier alpha value is -3.97. The molecule has 0 amide bonds. The second kappa shape index (κ2) is 10.7. The van der Waals surface area contributed by atoms with Crippen molar-refractivity contribution in [3.63, 3.8) is 0 Å². The summed E-state index contributed by atoms with van der Waals surface area (Å²) in [6.45, 7) is 2.45. The molecule has 0 unspecified atom stereocenters. The van der Waals surface area contributed by atoms with E-state index in [4.69, 9.17) is 11.6 Å². The minimum Gasteiger partial charge on any atom is -0.503 e. The van der Waals surface area contributed by atoms with Gasteiger partial charge in [0, 0.05) is 25.0 Å². The van der Waals surface area contributed by atoms with Crippen LogP contribution in [0.15, 0.2) is 69.8 Å². The van der Waals surface area contributed by atoms with Crippen molar-refractivity contribution in [3.8, 4) is 16.9 Å². The first-order chi connectivity index (χ1) is 17.3. The number of benzene rings is 2. The number of unbranched alkanes of at least 4 members (excludes halogenated alkanes) is 1. The molecule has 2 N–H and O–H groups in total. The normalized spacial score (nSPS) is 11.8. The molecule has 0 fully saturated rings. The first-order valence-electron chi connectivity index (χ1n) is 11.6. The van der Waals surface area contributed by atoms with Gasteiger partial charge in [0.25, 0.3) is 5.43 Å². The van der Waals surface area contributed by atoms with Crippen molar-refractivity contribution in [1.82, 2.24) is 9.55 Å². The number of carboxylic acid groups (broad SMARTS) is 1. The summed E-state index contributed by atoms with van der Waals surface area (Å²) in [5.41, 5.74) is 1.36. The number of halogens is 1. The molecule has 0 aliphatic rings. The van der Waals surface area contributed by atoms with Crippen molar-refractivity contribution in [2.45, 2.75) is 39.2 Å². The zero-order valence-electron chi connectivity index (χ0n) is 19.7. The molecular formula is C28H25ClN2O5. The van der Waals surface area contributed by atoms with Crippen molar-refractivity contribution in [2.75, 3.05) is 0 Å². The van der Waals surface area contributed by atoms with E-state index < -0.39 is 22.6 Å². The van der Waals surface area contributed by atoms with Crippen LogP contribution in [0.5, 0.6) is 5.75 Å². The second-order valence-corrected chi connectivity index (χ2v) is 8.97. The lowest BCUT2D eigenvalue weighted by Gasteiger charge is -2.13. The topological polar surface area (TPSA) is 109 Å². The van der Waals surface area contributed by atoms with Gasteiger partial charge in [0.2, 0.25) is 5.43 Å². The number of hydrogen-bond acceptors (Lipinski definition) is 5. The van der Waals surface area contributed by atoms with Crippen LogP contribution in [0.1, 0.15) is 42.4 Å². The van der Waals surface area contributed by atoms with Gasteiger partial charge in [-0.15, -0.1) is 0 Å². The molecule has 7 nitrogen and oxygen atoms in total. The molecule has 3 aromatic carbocycles. The van der Waals surface area contributed by atoms with Crippen molar-refractivity contribution in [2.24, 2.45) is 0 Å². The Morgan fingerprint density at radius 2 is 1.72 bits per heavy atom. The Labute approximate surface area is 212 Å². The summed E-state index contributed by atoms with van der Waals surface area (Å²) in [4.78, 5) is 39.7. The summed E-state index contributed by atoms with van der Waals surface area (Å²) in [6.07, 6.45) is 4.36. The molecule has 0 aliphatic carbocycles. The monoisotopic (exact) mass is 504 g/mol. The third kappa shape index (κ3) is 5.16. The van der Waals surface area contributed by atoms with Gasteiger partial charge in [0.15, 0.2) is 10.9 Å². The number of aromatic hydroxyl groups is 1. The molecule has 0 aliphatic heterocycles. The highest BCUT2D eigenvalue weighted by atomic mass is 35.5. The van der Waals surface area contributed by atoms with Crippen LogP contribution >= 0.6 is 11.6 Å². The van der Waals surface area contributed by atoms with Gasteiger partial charge in [-0.3, -0.25) is 9.59 Å². The van der Waals surface area contributed by atoms with Crippen molar-refractivity contribution in [1.29, 1.82) is 0 Å². The van der Waals surface area contributed by atoms with Crippen LogP contribution in [0, 0.1) is 0 Å². The van der Waals surface area contributed by atoms with E-state index in [1.54, 1.807) is 30.3 Å². The van der Waals surface area contributed by atoms with Crippen molar-refractivity contribution < 1.29 is 15.0 Å². The van der Waals surface area contributed by atoms with Gasteiger partial charge in [-0.2, -0.15) is 0 Å². The highest BCUT2D eigenvalue weighted by Crippen LogP contribution is 2.27. The first-order valence-corrected chi connectivity index (χ1v) is 12.0. The minimum atomic E-state index is -1.03. The highest BCUT2D eigenvalue weighted by Gasteiger charge is 2.22. The number of aliphatic carboxylic acids is 1. The number of nitrogens with zero attached hydrogens (tertiary/aromatic N) is 2. The van der Waals surface area contributed by atoms with Gasteiger partial charge < -0.3 is 14.8 Å². The third-order valence-electron chi connectivity index (χ3n) is 6.09. The summed E-state index contributed by atoms with van der Waals surface area (Å²) < 4.78 is 1.91. The van der Waals surface area contributed by atoms with E-state index in [1.165, 1.54) is 0 Å². The molecule has 4 rings (SSSR count). The molecule has 0 saturated carbocycles. The smallest absolute Gasteiger partial charge is 0.331 e. The van der Waals surface area contributed by atoms with Crippen LogP contribution in [-0.4, -0.2) is 25.7 Å². The predicted molar refractivity (Wildman–Crippen MR) is 139 cm³/mol. The second-order valence-electron chi connectivity index (χ2n) is 8.61. The number of aryl methyl sites for hydroxylation is 1. The average molecular weight is 505 g/mol. The van der Waals surface area contributed by atoms with E-state index in [1.807, 2.05) is 34.9 Å². The number of hydrogen-bond donors (Lipinski definition) is 2. The van der Waals surface area contributed by atoms with E-state index in [0.29, 0.717) is 24.2 Å².